The predicted molar refractivity (Wildman–Crippen MR) is 197 cm³/mol. The Hall–Kier alpha value is -2.67. The maximum atomic E-state index is 13.2. The fourth-order valence-electron chi connectivity index (χ4n) is 3.26. The monoisotopic (exact) mass is 837 g/mol. The molecule has 0 amide bonds. The molecule has 1 aromatic heterocycles. The molecule has 0 saturated heterocycles. The van der Waals surface area contributed by atoms with E-state index in [1.165, 1.54) is 0 Å². The fraction of sp³-hybridized carbons (Fsp3) is 0.667. The Bertz CT molecular complexity index is 1320. The number of hydrogen-bond acceptors (Lipinski definition) is 21. The molecule has 0 aliphatic carbocycles. The van der Waals surface area contributed by atoms with Crippen molar-refractivity contribution >= 4 is 98.6 Å². The Labute approximate surface area is 316 Å². The first-order valence-corrected chi connectivity index (χ1v) is 21.9. The number of hydrogen-bond donors (Lipinski definition) is 0. The van der Waals surface area contributed by atoms with Crippen molar-refractivity contribution in [1.82, 2.24) is 13.7 Å². The van der Waals surface area contributed by atoms with Crippen LogP contribution in [-0.4, -0.2) is 103 Å². The van der Waals surface area contributed by atoms with Crippen LogP contribution in [0.4, 0.5) is 14.4 Å². The van der Waals surface area contributed by atoms with Gasteiger partial charge in [0.1, 0.15) is 37.1 Å². The third-order valence-electron chi connectivity index (χ3n) is 5.00. The molecule has 0 fully saturated rings. The zero-order valence-corrected chi connectivity index (χ0v) is 33.4. The van der Waals surface area contributed by atoms with Crippen molar-refractivity contribution in [1.29, 1.82) is 0 Å². The number of aromatic nitrogens is 3. The van der Waals surface area contributed by atoms with Gasteiger partial charge in [-0.1, -0.05) is 32.4 Å². The van der Waals surface area contributed by atoms with Gasteiger partial charge < -0.3 is 28.4 Å². The Kier molecular flexibility index (Phi) is 23.0. The van der Waals surface area contributed by atoms with Crippen LogP contribution in [0.25, 0.3) is 0 Å². The first-order chi connectivity index (χ1) is 24.0. The number of carbonyl (C=O) groups is 6. The van der Waals surface area contributed by atoms with Crippen LogP contribution in [0.5, 0.6) is 0 Å². The van der Waals surface area contributed by atoms with Crippen molar-refractivity contribution in [2.45, 2.75) is 79.5 Å². The summed E-state index contributed by atoms with van der Waals surface area (Å²) in [6.07, 6.45) is -0.974. The summed E-state index contributed by atoms with van der Waals surface area (Å²) in [7, 11) is 4.40. The minimum atomic E-state index is -1.09. The van der Waals surface area contributed by atoms with Gasteiger partial charge in [-0.05, 0) is 41.5 Å². The van der Waals surface area contributed by atoms with Crippen LogP contribution in [-0.2, 0) is 62.4 Å². The number of esters is 3. The second-order valence-electron chi connectivity index (χ2n) is 10.3. The quantitative estimate of drug-likeness (QED) is 0.0980. The van der Waals surface area contributed by atoms with Crippen molar-refractivity contribution in [3.8, 4) is 0 Å². The molecule has 18 nitrogen and oxygen atoms in total. The smallest absolute Gasteiger partial charge is 0.378 e. The maximum absolute atomic E-state index is 13.2. The molecule has 0 radical (unpaired) electrons. The molecule has 0 N–H and O–H groups in total. The molecule has 0 aliphatic rings. The molecular weight excluding hydrogens is 799 g/mol. The van der Waals surface area contributed by atoms with Gasteiger partial charge in [-0.15, -0.1) is 0 Å². The molecule has 288 valence electrons. The topological polar surface area (TPSA) is 224 Å². The molecule has 0 unspecified atom stereocenters. The molecule has 51 heavy (non-hydrogen) atoms. The number of ether oxygens (including phenoxy) is 6. The summed E-state index contributed by atoms with van der Waals surface area (Å²) in [4.78, 5) is 111. The van der Waals surface area contributed by atoms with Crippen molar-refractivity contribution in [3.05, 3.63) is 31.5 Å². The zero-order valence-electron chi connectivity index (χ0n) is 28.5. The van der Waals surface area contributed by atoms with Gasteiger partial charge in [0.2, 0.25) is 0 Å². The molecular formula is C27H39N3O15S6. The standard InChI is InChI=1S/C27H39N3O15S6/c1-16(2)43-19(31)13-46-49-25(37)40-10-7-28-22(34)29(8-11-41-26(38)50-47-14-20(32)44-17(3)4)24(36)30(23(28)35)9-12-42-27(39)51-48-15-21(33)45-18(5)6/h16-18H,7-15H2,1-6H3. The normalized spacial score (nSPS) is 11.0. The molecule has 0 aromatic carbocycles. The SMILES string of the molecule is CC(C)OC(=O)CSSC(=O)OCCn1c(=O)n(CCOC(=O)SSCC(=O)OC(C)C)c(=O)n(CCOC(=O)SSCC(=O)OC(C)C)c1=O. The van der Waals surface area contributed by atoms with E-state index in [2.05, 4.69) is 0 Å². The summed E-state index contributed by atoms with van der Waals surface area (Å²) >= 11 is 0. The predicted octanol–water partition coefficient (Wildman–Crippen LogP) is 3.58. The summed E-state index contributed by atoms with van der Waals surface area (Å²) in [5, 5.41) is -2.46. The first-order valence-electron chi connectivity index (χ1n) is 14.9. The molecule has 0 saturated carbocycles. The molecule has 0 atom stereocenters. The average Bonchev–Trinajstić information content (AvgIpc) is 3.01. The number of nitrogens with zero attached hydrogens (tertiary/aromatic N) is 3. The van der Waals surface area contributed by atoms with Gasteiger partial charge in [0, 0.05) is 32.4 Å². The highest BCUT2D eigenvalue weighted by Gasteiger charge is 2.19. The summed E-state index contributed by atoms with van der Waals surface area (Å²) < 4.78 is 31.9. The van der Waals surface area contributed by atoms with E-state index in [9.17, 15) is 43.2 Å². The summed E-state index contributed by atoms with van der Waals surface area (Å²) in [5.41, 5.74) is -3.28. The van der Waals surface area contributed by atoms with Gasteiger partial charge in [-0.3, -0.25) is 14.4 Å². The minimum absolute atomic E-state index is 0.133. The lowest BCUT2D eigenvalue weighted by Gasteiger charge is -2.14. The second-order valence-corrected chi connectivity index (χ2v) is 16.9. The van der Waals surface area contributed by atoms with Crippen molar-refractivity contribution in [2.75, 3.05) is 37.1 Å². The Morgan fingerprint density at radius 2 is 0.706 bits per heavy atom. The number of carbonyl (C=O) groups excluding carboxylic acids is 6. The van der Waals surface area contributed by atoms with Gasteiger partial charge >= 0.3 is 50.9 Å². The summed E-state index contributed by atoms with van der Waals surface area (Å²) in [6, 6.07) is 0. The van der Waals surface area contributed by atoms with E-state index in [0.717, 1.165) is 32.4 Å². The highest BCUT2D eigenvalue weighted by atomic mass is 33.1. The van der Waals surface area contributed by atoms with Gasteiger partial charge in [-0.25, -0.2) is 42.5 Å². The highest BCUT2D eigenvalue weighted by molar-refractivity contribution is 8.82. The van der Waals surface area contributed by atoms with Crippen LogP contribution in [0.1, 0.15) is 41.5 Å². The molecule has 0 spiro atoms. The molecule has 1 heterocycles. The Morgan fingerprint density at radius 1 is 0.471 bits per heavy atom. The average molecular weight is 838 g/mol. The molecule has 1 rings (SSSR count). The molecule has 0 aliphatic heterocycles. The summed E-state index contributed by atoms with van der Waals surface area (Å²) in [5.74, 6) is -2.00. The lowest BCUT2D eigenvalue weighted by Crippen LogP contribution is -2.55. The number of rotatable bonds is 21. The highest BCUT2D eigenvalue weighted by Crippen LogP contribution is 2.25. The first kappa shape index (κ1) is 46.4. The van der Waals surface area contributed by atoms with E-state index in [1.54, 1.807) is 41.5 Å². The Morgan fingerprint density at radius 3 is 0.922 bits per heavy atom. The van der Waals surface area contributed by atoms with Crippen LogP contribution < -0.4 is 17.1 Å². The van der Waals surface area contributed by atoms with Crippen LogP contribution >= 0.6 is 64.8 Å². The van der Waals surface area contributed by atoms with Crippen LogP contribution in [0.3, 0.4) is 0 Å². The largest absolute Gasteiger partial charge is 0.462 e. The molecule has 0 bridgehead atoms. The fourth-order valence-corrected chi connectivity index (χ4v) is 7.31. The Balaban J connectivity index is 2.95. The van der Waals surface area contributed by atoms with E-state index < -0.39 is 90.3 Å². The third-order valence-corrected chi connectivity index (χ3v) is 10.5. The summed E-state index contributed by atoms with van der Waals surface area (Å²) in [6.45, 7) is 7.17. The van der Waals surface area contributed by atoms with Crippen LogP contribution in [0, 0.1) is 0 Å². The van der Waals surface area contributed by atoms with E-state index in [-0.39, 0.29) is 35.6 Å². The molecule has 24 heteroatoms. The van der Waals surface area contributed by atoms with Crippen molar-refractivity contribution in [3.63, 3.8) is 0 Å². The second kappa shape index (κ2) is 25.3. The minimum Gasteiger partial charge on any atom is -0.462 e. The van der Waals surface area contributed by atoms with E-state index in [1.807, 2.05) is 0 Å². The van der Waals surface area contributed by atoms with Crippen LogP contribution in [0.15, 0.2) is 14.4 Å². The molecule has 1 aromatic rings. The van der Waals surface area contributed by atoms with Gasteiger partial charge in [-0.2, -0.15) is 0 Å². The van der Waals surface area contributed by atoms with Gasteiger partial charge in [0.15, 0.2) is 0 Å². The zero-order chi connectivity index (χ0) is 38.5. The van der Waals surface area contributed by atoms with Crippen molar-refractivity contribution in [2.24, 2.45) is 0 Å². The van der Waals surface area contributed by atoms with Crippen LogP contribution in [0.2, 0.25) is 0 Å². The van der Waals surface area contributed by atoms with E-state index in [4.69, 9.17) is 28.4 Å². The lowest BCUT2D eigenvalue weighted by molar-refractivity contribution is -0.145. The van der Waals surface area contributed by atoms with Gasteiger partial charge in [0.25, 0.3) is 0 Å². The van der Waals surface area contributed by atoms with E-state index in [0.29, 0.717) is 46.1 Å². The van der Waals surface area contributed by atoms with Gasteiger partial charge in [0.05, 0.1) is 37.9 Å². The lowest BCUT2D eigenvalue weighted by atomic mass is 10.5. The third kappa shape index (κ3) is 20.2. The van der Waals surface area contributed by atoms with Crippen molar-refractivity contribution < 1.29 is 57.2 Å². The maximum Gasteiger partial charge on any atom is 0.378 e. The van der Waals surface area contributed by atoms with E-state index >= 15 is 0 Å².